The van der Waals surface area contributed by atoms with Crippen molar-refractivity contribution < 1.29 is 4.79 Å². The fourth-order valence-corrected chi connectivity index (χ4v) is 2.96. The topological polar surface area (TPSA) is 68.0 Å². The van der Waals surface area contributed by atoms with Gasteiger partial charge in [0.1, 0.15) is 5.01 Å². The van der Waals surface area contributed by atoms with Crippen LogP contribution in [0.15, 0.2) is 6.20 Å². The van der Waals surface area contributed by atoms with Crippen molar-refractivity contribution in [1.82, 2.24) is 10.3 Å². The maximum absolute atomic E-state index is 11.9. The lowest BCUT2D eigenvalue weighted by Crippen LogP contribution is -2.29. The van der Waals surface area contributed by atoms with E-state index in [9.17, 15) is 4.79 Å². The summed E-state index contributed by atoms with van der Waals surface area (Å²) in [6.07, 6.45) is 5.60. The molecule has 0 aromatic carbocycles. The minimum absolute atomic E-state index is 0. The minimum atomic E-state index is 0. The second kappa shape index (κ2) is 8.74. The number of nitrogens with one attached hydrogen (secondary N) is 1. The molecule has 1 aliphatic carbocycles. The van der Waals surface area contributed by atoms with Crippen LogP contribution in [-0.2, 0) is 17.8 Å². The predicted octanol–water partition coefficient (Wildman–Crippen LogP) is 2.29. The molecule has 19 heavy (non-hydrogen) atoms. The molecule has 0 saturated heterocycles. The Labute approximate surface area is 130 Å². The van der Waals surface area contributed by atoms with E-state index in [4.69, 9.17) is 5.73 Å². The van der Waals surface area contributed by atoms with Gasteiger partial charge in [0.2, 0.25) is 5.91 Å². The van der Waals surface area contributed by atoms with Gasteiger partial charge in [-0.3, -0.25) is 4.79 Å². The number of nitrogens with two attached hydrogens (primary N) is 1. The quantitative estimate of drug-likeness (QED) is 0.892. The molecule has 1 amide bonds. The van der Waals surface area contributed by atoms with Gasteiger partial charge in [0, 0.05) is 23.0 Å². The number of hydrogen-bond donors (Lipinski definition) is 2. The standard InChI is InChI=1S/C12H19N3OS.2ClH/c1-2-10-6-14-11(17-10)7-15-12(16)8-3-4-9(13)5-8;;/h6,8-9H,2-5,7,13H2,1H3,(H,15,16);2*1H. The van der Waals surface area contributed by atoms with E-state index in [1.54, 1.807) is 11.3 Å². The first-order valence-corrected chi connectivity index (χ1v) is 6.97. The van der Waals surface area contributed by atoms with E-state index in [2.05, 4.69) is 17.2 Å². The maximum Gasteiger partial charge on any atom is 0.223 e. The predicted molar refractivity (Wildman–Crippen MR) is 83.2 cm³/mol. The Kier molecular flexibility index (Phi) is 8.57. The molecule has 1 aliphatic rings. The summed E-state index contributed by atoms with van der Waals surface area (Å²) in [5.41, 5.74) is 5.80. The maximum atomic E-state index is 11.9. The average Bonchev–Trinajstić information content (AvgIpc) is 2.94. The summed E-state index contributed by atoms with van der Waals surface area (Å²) < 4.78 is 0. The summed E-state index contributed by atoms with van der Waals surface area (Å²) in [5.74, 6) is 0.238. The molecule has 2 atom stereocenters. The fraction of sp³-hybridized carbons (Fsp3) is 0.667. The monoisotopic (exact) mass is 325 g/mol. The SMILES string of the molecule is CCc1cnc(CNC(=O)C2CCC(N)C2)s1.Cl.Cl. The number of carbonyl (C=O) groups excluding carboxylic acids is 1. The van der Waals surface area contributed by atoms with Crippen LogP contribution in [0.3, 0.4) is 0 Å². The molecule has 2 rings (SSSR count). The van der Waals surface area contributed by atoms with E-state index >= 15 is 0 Å². The molecule has 3 N–H and O–H groups in total. The van der Waals surface area contributed by atoms with Crippen molar-refractivity contribution in [3.05, 3.63) is 16.1 Å². The minimum Gasteiger partial charge on any atom is -0.349 e. The highest BCUT2D eigenvalue weighted by atomic mass is 35.5. The Morgan fingerprint density at radius 3 is 2.79 bits per heavy atom. The van der Waals surface area contributed by atoms with Crippen LogP contribution in [0.2, 0.25) is 0 Å². The van der Waals surface area contributed by atoms with Gasteiger partial charge < -0.3 is 11.1 Å². The highest BCUT2D eigenvalue weighted by Gasteiger charge is 2.27. The summed E-state index contributed by atoms with van der Waals surface area (Å²) in [4.78, 5) is 17.4. The summed E-state index contributed by atoms with van der Waals surface area (Å²) in [7, 11) is 0. The molecule has 0 aliphatic heterocycles. The molecule has 1 aromatic heterocycles. The molecule has 0 bridgehead atoms. The van der Waals surface area contributed by atoms with Crippen molar-refractivity contribution in [2.45, 2.75) is 45.2 Å². The molecule has 1 aromatic rings. The van der Waals surface area contributed by atoms with Gasteiger partial charge in [-0.05, 0) is 25.7 Å². The summed E-state index contributed by atoms with van der Waals surface area (Å²) in [6, 6.07) is 0.206. The van der Waals surface area contributed by atoms with Crippen molar-refractivity contribution in [3.8, 4) is 0 Å². The van der Waals surface area contributed by atoms with Crippen LogP contribution in [0.25, 0.3) is 0 Å². The number of halogens is 2. The summed E-state index contributed by atoms with van der Waals surface area (Å²) in [5, 5.41) is 3.94. The van der Waals surface area contributed by atoms with E-state index in [1.807, 2.05) is 6.20 Å². The highest BCUT2D eigenvalue weighted by molar-refractivity contribution is 7.11. The van der Waals surface area contributed by atoms with Crippen molar-refractivity contribution in [2.75, 3.05) is 0 Å². The number of hydrogen-bond acceptors (Lipinski definition) is 4. The number of thiazole rings is 1. The zero-order chi connectivity index (χ0) is 12.3. The normalized spacial score (nSPS) is 21.4. The van der Waals surface area contributed by atoms with E-state index in [-0.39, 0.29) is 42.7 Å². The average molecular weight is 326 g/mol. The Balaban J connectivity index is 0.00000162. The second-order valence-corrected chi connectivity index (χ2v) is 5.76. The molecule has 1 heterocycles. The zero-order valence-corrected chi connectivity index (χ0v) is 13.4. The van der Waals surface area contributed by atoms with Gasteiger partial charge in [-0.2, -0.15) is 0 Å². The smallest absolute Gasteiger partial charge is 0.223 e. The molecular formula is C12H21Cl2N3OS. The Morgan fingerprint density at radius 2 is 2.26 bits per heavy atom. The van der Waals surface area contributed by atoms with Crippen molar-refractivity contribution in [2.24, 2.45) is 11.7 Å². The summed E-state index contributed by atoms with van der Waals surface area (Å²) in [6.45, 7) is 2.66. The largest absolute Gasteiger partial charge is 0.349 e. The van der Waals surface area contributed by atoms with Crippen molar-refractivity contribution in [1.29, 1.82) is 0 Å². The fourth-order valence-electron chi connectivity index (χ4n) is 2.15. The van der Waals surface area contributed by atoms with Crippen LogP contribution in [-0.4, -0.2) is 16.9 Å². The lowest BCUT2D eigenvalue weighted by atomic mass is 10.1. The number of amides is 1. The van der Waals surface area contributed by atoms with Crippen LogP contribution in [0, 0.1) is 5.92 Å². The third kappa shape index (κ3) is 5.26. The summed E-state index contributed by atoms with van der Waals surface area (Å²) >= 11 is 1.67. The molecule has 7 heteroatoms. The third-order valence-corrected chi connectivity index (χ3v) is 4.35. The molecule has 0 radical (unpaired) electrons. The second-order valence-electron chi connectivity index (χ2n) is 4.56. The first-order chi connectivity index (χ1) is 8.19. The van der Waals surface area contributed by atoms with Crippen LogP contribution in [0.4, 0.5) is 0 Å². The molecule has 1 saturated carbocycles. The zero-order valence-electron chi connectivity index (χ0n) is 10.9. The molecule has 110 valence electrons. The van der Waals surface area contributed by atoms with Gasteiger partial charge in [-0.25, -0.2) is 4.98 Å². The van der Waals surface area contributed by atoms with Gasteiger partial charge in [0.25, 0.3) is 0 Å². The number of carbonyl (C=O) groups is 1. The molecule has 2 unspecified atom stereocenters. The molecule has 4 nitrogen and oxygen atoms in total. The van der Waals surface area contributed by atoms with E-state index < -0.39 is 0 Å². The van der Waals surface area contributed by atoms with Gasteiger partial charge in [0.15, 0.2) is 0 Å². The van der Waals surface area contributed by atoms with Gasteiger partial charge in [-0.1, -0.05) is 6.92 Å². The van der Waals surface area contributed by atoms with Crippen molar-refractivity contribution in [3.63, 3.8) is 0 Å². The first kappa shape index (κ1) is 18.6. The van der Waals surface area contributed by atoms with Gasteiger partial charge in [0.05, 0.1) is 6.54 Å². The van der Waals surface area contributed by atoms with E-state index in [0.717, 1.165) is 30.7 Å². The van der Waals surface area contributed by atoms with Crippen molar-refractivity contribution >= 4 is 42.1 Å². The van der Waals surface area contributed by atoms with E-state index in [1.165, 1.54) is 4.88 Å². The molecule has 1 fully saturated rings. The van der Waals surface area contributed by atoms with Crippen LogP contribution in [0.1, 0.15) is 36.1 Å². The lowest BCUT2D eigenvalue weighted by Gasteiger charge is -2.09. The van der Waals surface area contributed by atoms with Crippen LogP contribution < -0.4 is 11.1 Å². The highest BCUT2D eigenvalue weighted by Crippen LogP contribution is 2.24. The molecule has 0 spiro atoms. The number of rotatable bonds is 4. The lowest BCUT2D eigenvalue weighted by molar-refractivity contribution is -0.125. The van der Waals surface area contributed by atoms with Gasteiger partial charge >= 0.3 is 0 Å². The van der Waals surface area contributed by atoms with Crippen LogP contribution in [0.5, 0.6) is 0 Å². The molecular weight excluding hydrogens is 305 g/mol. The number of aryl methyl sites for hydroxylation is 1. The number of aromatic nitrogens is 1. The number of nitrogens with zero attached hydrogens (tertiary/aromatic N) is 1. The first-order valence-electron chi connectivity index (χ1n) is 6.16. The third-order valence-electron chi connectivity index (χ3n) is 3.21. The Bertz CT molecular complexity index is 400. The van der Waals surface area contributed by atoms with Crippen LogP contribution >= 0.6 is 36.2 Å². The Morgan fingerprint density at radius 1 is 1.53 bits per heavy atom. The Hall–Kier alpha value is -0.360. The van der Waals surface area contributed by atoms with Gasteiger partial charge in [-0.15, -0.1) is 36.2 Å². The van der Waals surface area contributed by atoms with E-state index in [0.29, 0.717) is 6.54 Å².